The molecule has 4 nitrogen and oxygen atoms in total. The first kappa shape index (κ1) is 18.6. The Morgan fingerprint density at radius 2 is 1.96 bits per heavy atom. The molecule has 0 bridgehead atoms. The summed E-state index contributed by atoms with van der Waals surface area (Å²) in [6, 6.07) is 15.9. The number of carbonyl (C=O) groups is 1. The van der Waals surface area contributed by atoms with Crippen LogP contribution in [0.15, 0.2) is 59.6 Å². The van der Waals surface area contributed by atoms with Crippen molar-refractivity contribution in [2.75, 3.05) is 13.2 Å². The molecule has 0 aliphatic carbocycles. The molecule has 0 spiro atoms. The minimum Gasteiger partial charge on any atom is -0.465 e. The molecule has 0 heterocycles. The molecule has 5 heteroatoms. The number of nitrogens with one attached hydrogen (secondary N) is 1. The number of rotatable bonds is 7. The van der Waals surface area contributed by atoms with Gasteiger partial charge in [0.05, 0.1) is 6.61 Å². The van der Waals surface area contributed by atoms with E-state index in [1.165, 1.54) is 23.8 Å². The largest absolute Gasteiger partial charge is 0.465 e. The van der Waals surface area contributed by atoms with Gasteiger partial charge in [-0.3, -0.25) is 10.1 Å². The SMILES string of the molecule is CCCOC(=NCCCc1ccccc1)NC(=O)c1cccc(F)c1. The van der Waals surface area contributed by atoms with Gasteiger partial charge in [0.1, 0.15) is 5.82 Å². The lowest BCUT2D eigenvalue weighted by Gasteiger charge is -2.10. The molecule has 2 aromatic rings. The van der Waals surface area contributed by atoms with Crippen LogP contribution in [0.1, 0.15) is 35.7 Å². The van der Waals surface area contributed by atoms with E-state index in [0.29, 0.717) is 13.2 Å². The highest BCUT2D eigenvalue weighted by Crippen LogP contribution is 2.04. The molecule has 0 saturated carbocycles. The predicted octanol–water partition coefficient (Wildman–Crippen LogP) is 3.97. The average Bonchev–Trinajstić information content (AvgIpc) is 2.63. The molecule has 2 aromatic carbocycles. The van der Waals surface area contributed by atoms with Gasteiger partial charge >= 0.3 is 0 Å². The van der Waals surface area contributed by atoms with E-state index in [1.807, 2.05) is 25.1 Å². The second-order valence-corrected chi connectivity index (χ2v) is 5.59. The normalized spacial score (nSPS) is 11.2. The number of hydrogen-bond acceptors (Lipinski definition) is 3. The first-order chi connectivity index (χ1) is 12.2. The number of carbonyl (C=O) groups excluding carboxylic acids is 1. The molecule has 0 fully saturated rings. The second kappa shape index (κ2) is 10.2. The van der Waals surface area contributed by atoms with Gasteiger partial charge in [0.2, 0.25) is 0 Å². The predicted molar refractivity (Wildman–Crippen MR) is 97.2 cm³/mol. The highest BCUT2D eigenvalue weighted by Gasteiger charge is 2.10. The molecule has 132 valence electrons. The summed E-state index contributed by atoms with van der Waals surface area (Å²) >= 11 is 0. The quantitative estimate of drug-likeness (QED) is 0.470. The van der Waals surface area contributed by atoms with E-state index in [2.05, 4.69) is 22.4 Å². The number of hydrogen-bond donors (Lipinski definition) is 1. The number of ether oxygens (including phenoxy) is 1. The molecule has 2 rings (SSSR count). The maximum atomic E-state index is 13.2. The van der Waals surface area contributed by atoms with Gasteiger partial charge in [0.25, 0.3) is 11.9 Å². The fourth-order valence-electron chi connectivity index (χ4n) is 2.23. The zero-order chi connectivity index (χ0) is 17.9. The lowest BCUT2D eigenvalue weighted by Crippen LogP contribution is -2.33. The van der Waals surface area contributed by atoms with Crippen molar-refractivity contribution in [1.29, 1.82) is 0 Å². The molecule has 0 saturated heterocycles. The van der Waals surface area contributed by atoms with Crippen LogP contribution in [0, 0.1) is 5.82 Å². The Morgan fingerprint density at radius 3 is 2.68 bits per heavy atom. The number of amides is 1. The first-order valence-corrected chi connectivity index (χ1v) is 8.47. The number of aliphatic imine (C=N–C) groups is 1. The third-order valence-corrected chi connectivity index (χ3v) is 3.47. The Kier molecular flexibility index (Phi) is 7.63. The third kappa shape index (κ3) is 6.75. The molecule has 0 radical (unpaired) electrons. The fourth-order valence-corrected chi connectivity index (χ4v) is 2.23. The van der Waals surface area contributed by atoms with Crippen molar-refractivity contribution in [3.05, 3.63) is 71.5 Å². The molecule has 0 atom stereocenters. The van der Waals surface area contributed by atoms with Gasteiger partial charge in [0.15, 0.2) is 0 Å². The van der Waals surface area contributed by atoms with Crippen molar-refractivity contribution >= 4 is 11.9 Å². The Hall–Kier alpha value is -2.69. The highest BCUT2D eigenvalue weighted by atomic mass is 19.1. The van der Waals surface area contributed by atoms with E-state index < -0.39 is 11.7 Å². The average molecular weight is 342 g/mol. The molecule has 0 aliphatic heterocycles. The Balaban J connectivity index is 1.91. The van der Waals surface area contributed by atoms with Gasteiger partial charge < -0.3 is 4.74 Å². The monoisotopic (exact) mass is 342 g/mol. The fraction of sp³-hybridized carbons (Fsp3) is 0.300. The van der Waals surface area contributed by atoms with Crippen molar-refractivity contribution in [2.45, 2.75) is 26.2 Å². The van der Waals surface area contributed by atoms with Crippen molar-refractivity contribution in [1.82, 2.24) is 5.32 Å². The van der Waals surface area contributed by atoms with Gasteiger partial charge in [0, 0.05) is 12.1 Å². The maximum Gasteiger partial charge on any atom is 0.291 e. The summed E-state index contributed by atoms with van der Waals surface area (Å²) in [6.07, 6.45) is 2.56. The molecule has 0 aromatic heterocycles. The Labute approximate surface area is 147 Å². The van der Waals surface area contributed by atoms with E-state index in [1.54, 1.807) is 6.07 Å². The van der Waals surface area contributed by atoms with Crippen molar-refractivity contribution in [3.8, 4) is 0 Å². The van der Waals surface area contributed by atoms with Crippen molar-refractivity contribution < 1.29 is 13.9 Å². The lowest BCUT2D eigenvalue weighted by atomic mass is 10.1. The van der Waals surface area contributed by atoms with Crippen LogP contribution in [0.5, 0.6) is 0 Å². The molecular weight excluding hydrogens is 319 g/mol. The third-order valence-electron chi connectivity index (χ3n) is 3.47. The summed E-state index contributed by atoms with van der Waals surface area (Å²) in [5.41, 5.74) is 1.48. The topological polar surface area (TPSA) is 50.7 Å². The summed E-state index contributed by atoms with van der Waals surface area (Å²) in [6.45, 7) is 2.97. The Morgan fingerprint density at radius 1 is 1.16 bits per heavy atom. The standard InChI is InChI=1S/C20H23FN2O2/c1-2-14-25-20(22-13-7-10-16-8-4-3-5-9-16)23-19(24)17-11-6-12-18(21)15-17/h3-6,8-9,11-12,15H,2,7,10,13-14H2,1H3,(H,22,23,24). The maximum absolute atomic E-state index is 13.2. The van der Waals surface area contributed by atoms with Crippen LogP contribution >= 0.6 is 0 Å². The number of amidine groups is 1. The van der Waals surface area contributed by atoms with Crippen LogP contribution in [0.2, 0.25) is 0 Å². The lowest BCUT2D eigenvalue weighted by molar-refractivity contribution is 0.0965. The van der Waals surface area contributed by atoms with E-state index in [4.69, 9.17) is 4.74 Å². The molecule has 0 unspecified atom stereocenters. The number of halogens is 1. The van der Waals surface area contributed by atoms with E-state index >= 15 is 0 Å². The van der Waals surface area contributed by atoms with Crippen LogP contribution in [0.3, 0.4) is 0 Å². The minimum atomic E-state index is -0.455. The summed E-state index contributed by atoms with van der Waals surface area (Å²) < 4.78 is 18.7. The number of aryl methyl sites for hydroxylation is 1. The highest BCUT2D eigenvalue weighted by molar-refractivity contribution is 6.04. The summed E-state index contributed by atoms with van der Waals surface area (Å²) in [5, 5.41) is 2.62. The van der Waals surface area contributed by atoms with Gasteiger partial charge in [-0.05, 0) is 43.0 Å². The van der Waals surface area contributed by atoms with Crippen LogP contribution < -0.4 is 5.32 Å². The van der Waals surface area contributed by atoms with Crippen molar-refractivity contribution in [2.24, 2.45) is 4.99 Å². The molecule has 1 amide bonds. The van der Waals surface area contributed by atoms with Gasteiger partial charge in [-0.25, -0.2) is 9.38 Å². The van der Waals surface area contributed by atoms with Gasteiger partial charge in [-0.15, -0.1) is 0 Å². The number of benzene rings is 2. The van der Waals surface area contributed by atoms with E-state index in [0.717, 1.165) is 19.3 Å². The minimum absolute atomic E-state index is 0.184. The first-order valence-electron chi connectivity index (χ1n) is 8.47. The van der Waals surface area contributed by atoms with Crippen LogP contribution in [0.25, 0.3) is 0 Å². The van der Waals surface area contributed by atoms with E-state index in [-0.39, 0.29) is 11.6 Å². The molecular formula is C20H23FN2O2. The van der Waals surface area contributed by atoms with Crippen LogP contribution in [-0.2, 0) is 11.2 Å². The van der Waals surface area contributed by atoms with Crippen LogP contribution in [-0.4, -0.2) is 25.1 Å². The second-order valence-electron chi connectivity index (χ2n) is 5.59. The molecule has 0 aliphatic rings. The van der Waals surface area contributed by atoms with Gasteiger partial charge in [-0.2, -0.15) is 0 Å². The van der Waals surface area contributed by atoms with Crippen LogP contribution in [0.4, 0.5) is 4.39 Å². The zero-order valence-electron chi connectivity index (χ0n) is 14.4. The summed E-state index contributed by atoms with van der Waals surface area (Å²) in [4.78, 5) is 16.5. The van der Waals surface area contributed by atoms with Crippen molar-refractivity contribution in [3.63, 3.8) is 0 Å². The smallest absolute Gasteiger partial charge is 0.291 e. The molecule has 1 N–H and O–H groups in total. The Bertz CT molecular complexity index is 702. The summed E-state index contributed by atoms with van der Waals surface area (Å²) in [5.74, 6) is -0.888. The van der Waals surface area contributed by atoms with E-state index in [9.17, 15) is 9.18 Å². The molecule has 25 heavy (non-hydrogen) atoms. The summed E-state index contributed by atoms with van der Waals surface area (Å²) in [7, 11) is 0. The van der Waals surface area contributed by atoms with Gasteiger partial charge in [-0.1, -0.05) is 43.3 Å². The number of nitrogens with zero attached hydrogens (tertiary/aromatic N) is 1. The zero-order valence-corrected chi connectivity index (χ0v) is 14.4.